The van der Waals surface area contributed by atoms with Gasteiger partial charge in [0.05, 0.1) is 7.11 Å². The number of nitrogens with zero attached hydrogens (tertiary/aromatic N) is 1. The second kappa shape index (κ2) is 8.89. The highest BCUT2D eigenvalue weighted by Gasteiger charge is 2.04. The topological polar surface area (TPSA) is 41.6 Å². The summed E-state index contributed by atoms with van der Waals surface area (Å²) in [6.45, 7) is 1.36. The molecule has 1 N–H and O–H groups in total. The molecule has 0 fully saturated rings. The first-order valence-electron chi connectivity index (χ1n) is 7.90. The maximum Gasteiger partial charge on any atom is 0.244 e. The van der Waals surface area contributed by atoms with E-state index in [1.54, 1.807) is 13.2 Å². The van der Waals surface area contributed by atoms with Crippen LogP contribution in [-0.4, -0.2) is 32.0 Å². The summed E-state index contributed by atoms with van der Waals surface area (Å²) in [7, 11) is 5.69. The number of nitrogens with one attached hydrogen (secondary N) is 1. The van der Waals surface area contributed by atoms with Gasteiger partial charge in [0.25, 0.3) is 0 Å². The van der Waals surface area contributed by atoms with Crippen LogP contribution in [0.25, 0.3) is 6.08 Å². The van der Waals surface area contributed by atoms with Gasteiger partial charge in [0, 0.05) is 24.7 Å². The van der Waals surface area contributed by atoms with Gasteiger partial charge in [0.15, 0.2) is 0 Å². The number of hydrogen-bond acceptors (Lipinski definition) is 3. The zero-order valence-electron chi connectivity index (χ0n) is 14.5. The molecule has 0 radical (unpaired) electrons. The lowest BCUT2D eigenvalue weighted by Crippen LogP contribution is -2.22. The van der Waals surface area contributed by atoms with Crippen molar-refractivity contribution < 1.29 is 9.53 Å². The molecule has 0 heterocycles. The molecule has 2 aromatic carbocycles. The number of para-hydroxylation sites is 1. The third kappa shape index (κ3) is 5.25. The number of carbonyl (C=O) groups excluding carboxylic acids is 1. The zero-order chi connectivity index (χ0) is 17.4. The quantitative estimate of drug-likeness (QED) is 0.796. The molecule has 0 spiro atoms. The number of methoxy groups -OCH3 is 1. The van der Waals surface area contributed by atoms with Crippen molar-refractivity contribution in [1.29, 1.82) is 0 Å². The lowest BCUT2D eigenvalue weighted by molar-refractivity contribution is -0.116. The van der Waals surface area contributed by atoms with Crippen molar-refractivity contribution in [2.24, 2.45) is 0 Å². The van der Waals surface area contributed by atoms with Gasteiger partial charge in [-0.05, 0) is 37.4 Å². The largest absolute Gasteiger partial charge is 0.496 e. The fourth-order valence-corrected chi connectivity index (χ4v) is 2.44. The van der Waals surface area contributed by atoms with E-state index in [0.29, 0.717) is 6.54 Å². The SMILES string of the molecule is COc1ccccc1/C=C/C(=O)NCc1ccccc1CN(C)C. The number of benzene rings is 2. The lowest BCUT2D eigenvalue weighted by Gasteiger charge is -2.14. The predicted molar refractivity (Wildman–Crippen MR) is 97.7 cm³/mol. The fraction of sp³-hybridized carbons (Fsp3) is 0.250. The minimum Gasteiger partial charge on any atom is -0.496 e. The first-order valence-corrected chi connectivity index (χ1v) is 7.90. The highest BCUT2D eigenvalue weighted by atomic mass is 16.5. The molecule has 0 aliphatic rings. The minimum absolute atomic E-state index is 0.124. The molecule has 4 nitrogen and oxygen atoms in total. The van der Waals surface area contributed by atoms with Crippen molar-refractivity contribution in [3.63, 3.8) is 0 Å². The summed E-state index contributed by atoms with van der Waals surface area (Å²) in [6.07, 6.45) is 3.30. The summed E-state index contributed by atoms with van der Waals surface area (Å²) in [5.41, 5.74) is 3.23. The number of carbonyl (C=O) groups is 1. The third-order valence-corrected chi connectivity index (χ3v) is 3.61. The van der Waals surface area contributed by atoms with Crippen LogP contribution in [0, 0.1) is 0 Å². The van der Waals surface area contributed by atoms with Gasteiger partial charge in [-0.15, -0.1) is 0 Å². The highest BCUT2D eigenvalue weighted by molar-refractivity contribution is 5.92. The van der Waals surface area contributed by atoms with Crippen molar-refractivity contribution in [2.45, 2.75) is 13.1 Å². The Bertz CT molecular complexity index is 708. The van der Waals surface area contributed by atoms with E-state index in [-0.39, 0.29) is 5.91 Å². The standard InChI is InChI=1S/C20H24N2O2/c1-22(2)15-18-10-5-4-9-17(18)14-21-20(23)13-12-16-8-6-7-11-19(16)24-3/h4-13H,14-15H2,1-3H3,(H,21,23)/b13-12+. The van der Waals surface area contributed by atoms with Crippen molar-refractivity contribution in [3.05, 3.63) is 71.3 Å². The van der Waals surface area contributed by atoms with E-state index in [2.05, 4.69) is 16.3 Å². The summed E-state index contributed by atoms with van der Waals surface area (Å²) >= 11 is 0. The van der Waals surface area contributed by atoms with Gasteiger partial charge in [0.1, 0.15) is 5.75 Å². The van der Waals surface area contributed by atoms with Crippen LogP contribution in [0.15, 0.2) is 54.6 Å². The van der Waals surface area contributed by atoms with Crippen molar-refractivity contribution >= 4 is 12.0 Å². The van der Waals surface area contributed by atoms with Gasteiger partial charge in [-0.1, -0.05) is 42.5 Å². The third-order valence-electron chi connectivity index (χ3n) is 3.61. The Kier molecular flexibility index (Phi) is 6.58. The Hall–Kier alpha value is -2.59. The van der Waals surface area contributed by atoms with E-state index in [1.807, 2.05) is 56.6 Å². The molecule has 1 amide bonds. The number of amides is 1. The van der Waals surface area contributed by atoms with Crippen LogP contribution < -0.4 is 10.1 Å². The van der Waals surface area contributed by atoms with E-state index >= 15 is 0 Å². The Morgan fingerprint density at radius 1 is 1.08 bits per heavy atom. The Balaban J connectivity index is 1.97. The normalized spacial score (nSPS) is 11.0. The molecule has 0 aliphatic heterocycles. The first-order chi connectivity index (χ1) is 11.6. The minimum atomic E-state index is -0.124. The molecule has 0 aliphatic carbocycles. The average molecular weight is 324 g/mol. The molecule has 0 unspecified atom stereocenters. The van der Waals surface area contributed by atoms with Crippen LogP contribution in [0.3, 0.4) is 0 Å². The summed E-state index contributed by atoms with van der Waals surface area (Å²) in [6, 6.07) is 15.7. The van der Waals surface area contributed by atoms with Gasteiger partial charge >= 0.3 is 0 Å². The molecule has 2 aromatic rings. The average Bonchev–Trinajstić information content (AvgIpc) is 2.59. The number of rotatable bonds is 7. The number of hydrogen-bond donors (Lipinski definition) is 1. The van der Waals surface area contributed by atoms with Gasteiger partial charge in [-0.25, -0.2) is 0 Å². The molecule has 0 aromatic heterocycles. The van der Waals surface area contributed by atoms with Crippen LogP contribution >= 0.6 is 0 Å². The van der Waals surface area contributed by atoms with Crippen LogP contribution in [0.5, 0.6) is 5.75 Å². The molecular formula is C20H24N2O2. The van der Waals surface area contributed by atoms with Gasteiger partial charge in [-0.2, -0.15) is 0 Å². The van der Waals surface area contributed by atoms with Gasteiger partial charge in [0.2, 0.25) is 5.91 Å². The summed E-state index contributed by atoms with van der Waals surface area (Å²) in [5.74, 6) is 0.624. The lowest BCUT2D eigenvalue weighted by atomic mass is 10.1. The second-order valence-corrected chi connectivity index (χ2v) is 5.80. The molecule has 0 saturated carbocycles. The Morgan fingerprint density at radius 2 is 1.75 bits per heavy atom. The van der Waals surface area contributed by atoms with E-state index in [1.165, 1.54) is 11.6 Å². The van der Waals surface area contributed by atoms with Gasteiger partial charge in [-0.3, -0.25) is 4.79 Å². The summed E-state index contributed by atoms with van der Waals surface area (Å²) in [5, 5.41) is 2.94. The predicted octanol–water partition coefficient (Wildman–Crippen LogP) is 3.09. The molecule has 2 rings (SSSR count). The van der Waals surface area contributed by atoms with Crippen LogP contribution in [-0.2, 0) is 17.9 Å². The van der Waals surface area contributed by atoms with E-state index in [9.17, 15) is 4.79 Å². The summed E-state index contributed by atoms with van der Waals surface area (Å²) in [4.78, 5) is 14.2. The second-order valence-electron chi connectivity index (χ2n) is 5.80. The van der Waals surface area contributed by atoms with Crippen LogP contribution in [0.2, 0.25) is 0 Å². The Morgan fingerprint density at radius 3 is 2.46 bits per heavy atom. The molecule has 126 valence electrons. The van der Waals surface area contributed by atoms with Crippen molar-refractivity contribution in [1.82, 2.24) is 10.2 Å². The molecular weight excluding hydrogens is 300 g/mol. The maximum absolute atomic E-state index is 12.1. The molecule has 0 bridgehead atoms. The fourth-order valence-electron chi connectivity index (χ4n) is 2.44. The molecule has 24 heavy (non-hydrogen) atoms. The first kappa shape index (κ1) is 17.8. The molecule has 0 saturated heterocycles. The summed E-state index contributed by atoms with van der Waals surface area (Å²) < 4.78 is 5.27. The van der Waals surface area contributed by atoms with E-state index < -0.39 is 0 Å². The van der Waals surface area contributed by atoms with Gasteiger partial charge < -0.3 is 15.0 Å². The monoisotopic (exact) mass is 324 g/mol. The smallest absolute Gasteiger partial charge is 0.244 e. The van der Waals surface area contributed by atoms with Crippen LogP contribution in [0.1, 0.15) is 16.7 Å². The molecule has 4 heteroatoms. The van der Waals surface area contributed by atoms with Crippen molar-refractivity contribution in [3.8, 4) is 5.75 Å². The van der Waals surface area contributed by atoms with Crippen molar-refractivity contribution in [2.75, 3.05) is 21.2 Å². The highest BCUT2D eigenvalue weighted by Crippen LogP contribution is 2.18. The zero-order valence-corrected chi connectivity index (χ0v) is 14.5. The Labute approximate surface area is 143 Å². The van der Waals surface area contributed by atoms with E-state index in [4.69, 9.17) is 4.74 Å². The molecule has 0 atom stereocenters. The maximum atomic E-state index is 12.1. The number of ether oxygens (including phenoxy) is 1. The van der Waals surface area contributed by atoms with Crippen LogP contribution in [0.4, 0.5) is 0 Å². The van der Waals surface area contributed by atoms with E-state index in [0.717, 1.165) is 23.4 Å².